The molecule has 3 aromatic rings. The highest BCUT2D eigenvalue weighted by Crippen LogP contribution is 2.28. The van der Waals surface area contributed by atoms with Gasteiger partial charge < -0.3 is 20.9 Å². The first-order chi connectivity index (χ1) is 18.9. The van der Waals surface area contributed by atoms with Crippen LogP contribution in [0.4, 0.5) is 0 Å². The van der Waals surface area contributed by atoms with E-state index in [9.17, 15) is 14.4 Å². The summed E-state index contributed by atoms with van der Waals surface area (Å²) in [6, 6.07) is 8.23. The standard InChI is InChI=1S/C28H36N8O3/c1-34-24-6-4-20(15-23(24)32-33-34)17-31-27(38)25-16-21(14-19-8-10-30-11-9-19)18-36(25)28(39)22(29)5-7-26(37)35-12-2-3-13-35/h4,6,8-11,15,21-22,25H,2-3,5,7,12-14,16-18,29H2,1H3,(H,31,38). The first-order valence-electron chi connectivity index (χ1n) is 13.7. The Labute approximate surface area is 227 Å². The van der Waals surface area contributed by atoms with Gasteiger partial charge in [0, 0.05) is 52.0 Å². The van der Waals surface area contributed by atoms with Gasteiger partial charge in [0.05, 0.1) is 11.6 Å². The molecule has 0 radical (unpaired) electrons. The van der Waals surface area contributed by atoms with Crippen LogP contribution in [0.5, 0.6) is 0 Å². The summed E-state index contributed by atoms with van der Waals surface area (Å²) in [5, 5.41) is 11.2. The van der Waals surface area contributed by atoms with Gasteiger partial charge in [-0.05, 0) is 73.4 Å². The van der Waals surface area contributed by atoms with Crippen molar-refractivity contribution in [2.75, 3.05) is 19.6 Å². The summed E-state index contributed by atoms with van der Waals surface area (Å²) in [5.74, 6) is -0.327. The van der Waals surface area contributed by atoms with E-state index in [0.717, 1.165) is 54.5 Å². The smallest absolute Gasteiger partial charge is 0.243 e. The number of nitrogens with two attached hydrogens (primary N) is 1. The minimum Gasteiger partial charge on any atom is -0.350 e. The van der Waals surface area contributed by atoms with Crippen molar-refractivity contribution in [1.82, 2.24) is 35.1 Å². The molecule has 2 saturated heterocycles. The molecule has 2 fully saturated rings. The monoisotopic (exact) mass is 532 g/mol. The number of fused-ring (bicyclic) bond motifs is 1. The van der Waals surface area contributed by atoms with E-state index in [1.165, 1.54) is 0 Å². The fourth-order valence-electron chi connectivity index (χ4n) is 5.66. The Morgan fingerprint density at radius 3 is 2.64 bits per heavy atom. The van der Waals surface area contributed by atoms with Crippen molar-refractivity contribution in [2.24, 2.45) is 18.7 Å². The number of rotatable bonds is 9. The van der Waals surface area contributed by atoms with Crippen LogP contribution in [0.3, 0.4) is 0 Å². The van der Waals surface area contributed by atoms with Crippen LogP contribution < -0.4 is 11.1 Å². The minimum absolute atomic E-state index is 0.0436. The van der Waals surface area contributed by atoms with E-state index in [0.29, 0.717) is 19.5 Å². The number of hydrogen-bond donors (Lipinski definition) is 2. The normalized spacial score (nSPS) is 19.9. The SMILES string of the molecule is Cn1nnc2cc(CNC(=O)C3CC(Cc4ccncc4)CN3C(=O)C(N)CCC(=O)N3CCCC3)ccc21. The second-order valence-corrected chi connectivity index (χ2v) is 10.7. The quantitative estimate of drug-likeness (QED) is 0.422. The fraction of sp³-hybridized carbons (Fsp3) is 0.500. The zero-order valence-electron chi connectivity index (χ0n) is 22.3. The number of nitrogens with zero attached hydrogens (tertiary/aromatic N) is 6. The van der Waals surface area contributed by atoms with Gasteiger partial charge in [0.25, 0.3) is 0 Å². The predicted molar refractivity (Wildman–Crippen MR) is 145 cm³/mol. The average molecular weight is 533 g/mol. The Kier molecular flexibility index (Phi) is 8.16. The van der Waals surface area contributed by atoms with Gasteiger partial charge in [-0.2, -0.15) is 0 Å². The molecule has 0 spiro atoms. The van der Waals surface area contributed by atoms with Crippen molar-refractivity contribution in [3.63, 3.8) is 0 Å². The van der Waals surface area contributed by atoms with Crippen LogP contribution in [0.2, 0.25) is 0 Å². The second-order valence-electron chi connectivity index (χ2n) is 10.7. The van der Waals surface area contributed by atoms with Gasteiger partial charge in [-0.15, -0.1) is 5.10 Å². The van der Waals surface area contributed by atoms with E-state index in [2.05, 4.69) is 20.6 Å². The first-order valence-corrected chi connectivity index (χ1v) is 13.7. The van der Waals surface area contributed by atoms with E-state index in [1.807, 2.05) is 42.3 Å². The number of benzene rings is 1. The number of amides is 3. The van der Waals surface area contributed by atoms with Crippen molar-refractivity contribution in [1.29, 1.82) is 0 Å². The molecular formula is C28H36N8O3. The maximum Gasteiger partial charge on any atom is 0.243 e. The summed E-state index contributed by atoms with van der Waals surface area (Å²) in [6.07, 6.45) is 7.33. The van der Waals surface area contributed by atoms with Gasteiger partial charge >= 0.3 is 0 Å². The summed E-state index contributed by atoms with van der Waals surface area (Å²) < 4.78 is 1.70. The summed E-state index contributed by atoms with van der Waals surface area (Å²) in [6.45, 7) is 2.31. The second kappa shape index (κ2) is 11.9. The van der Waals surface area contributed by atoms with Gasteiger partial charge in [0.15, 0.2) is 0 Å². The third kappa shape index (κ3) is 6.25. The molecule has 0 bridgehead atoms. The Bertz CT molecular complexity index is 1320. The summed E-state index contributed by atoms with van der Waals surface area (Å²) in [5.41, 5.74) is 9.99. The van der Waals surface area contributed by atoms with E-state index in [4.69, 9.17) is 5.73 Å². The van der Waals surface area contributed by atoms with E-state index in [-0.39, 0.29) is 36.5 Å². The molecule has 0 saturated carbocycles. The van der Waals surface area contributed by atoms with Gasteiger partial charge in [-0.25, -0.2) is 4.68 Å². The molecule has 39 heavy (non-hydrogen) atoms. The fourth-order valence-corrected chi connectivity index (χ4v) is 5.66. The largest absolute Gasteiger partial charge is 0.350 e. The zero-order valence-corrected chi connectivity index (χ0v) is 22.3. The molecule has 0 aliphatic carbocycles. The molecule has 2 aliphatic heterocycles. The van der Waals surface area contributed by atoms with Crippen LogP contribution in [0.25, 0.3) is 11.0 Å². The Morgan fingerprint density at radius 2 is 1.87 bits per heavy atom. The average Bonchev–Trinajstić information content (AvgIpc) is 3.71. The molecule has 3 unspecified atom stereocenters. The molecule has 3 amide bonds. The first kappa shape index (κ1) is 26.7. The molecule has 206 valence electrons. The van der Waals surface area contributed by atoms with Crippen molar-refractivity contribution in [3.8, 4) is 0 Å². The van der Waals surface area contributed by atoms with Crippen LogP contribution in [-0.2, 0) is 34.4 Å². The lowest BCUT2D eigenvalue weighted by Crippen LogP contribution is -2.51. The number of pyridine rings is 1. The lowest BCUT2D eigenvalue weighted by molar-refractivity contribution is -0.140. The number of hydrogen-bond acceptors (Lipinski definition) is 7. The van der Waals surface area contributed by atoms with Crippen LogP contribution in [0, 0.1) is 5.92 Å². The highest BCUT2D eigenvalue weighted by Gasteiger charge is 2.41. The molecule has 1 aromatic carbocycles. The lowest BCUT2D eigenvalue weighted by Gasteiger charge is -2.27. The molecule has 11 heteroatoms. The predicted octanol–water partition coefficient (Wildman–Crippen LogP) is 1.17. The van der Waals surface area contributed by atoms with Crippen LogP contribution >= 0.6 is 0 Å². The van der Waals surface area contributed by atoms with Crippen molar-refractivity contribution in [2.45, 2.75) is 57.2 Å². The Balaban J connectivity index is 1.24. The van der Waals surface area contributed by atoms with Crippen LogP contribution in [0.1, 0.15) is 43.2 Å². The Morgan fingerprint density at radius 1 is 1.10 bits per heavy atom. The van der Waals surface area contributed by atoms with Gasteiger partial charge in [0.2, 0.25) is 17.7 Å². The van der Waals surface area contributed by atoms with Gasteiger partial charge in [-0.3, -0.25) is 19.4 Å². The molecule has 11 nitrogen and oxygen atoms in total. The molecule has 5 rings (SSSR count). The maximum atomic E-state index is 13.5. The van der Waals surface area contributed by atoms with Crippen molar-refractivity contribution >= 4 is 28.8 Å². The maximum absolute atomic E-state index is 13.5. The lowest BCUT2D eigenvalue weighted by atomic mass is 9.97. The third-order valence-corrected chi connectivity index (χ3v) is 7.83. The number of aromatic nitrogens is 4. The van der Waals surface area contributed by atoms with Crippen molar-refractivity contribution < 1.29 is 14.4 Å². The van der Waals surface area contributed by atoms with E-state index >= 15 is 0 Å². The number of carbonyl (C=O) groups is 3. The molecular weight excluding hydrogens is 496 g/mol. The highest BCUT2D eigenvalue weighted by atomic mass is 16.2. The highest BCUT2D eigenvalue weighted by molar-refractivity contribution is 5.90. The zero-order chi connectivity index (χ0) is 27.4. The third-order valence-electron chi connectivity index (χ3n) is 7.83. The number of likely N-dealkylation sites (tertiary alicyclic amines) is 2. The molecule has 2 aliphatic rings. The summed E-state index contributed by atoms with van der Waals surface area (Å²) in [7, 11) is 1.83. The summed E-state index contributed by atoms with van der Waals surface area (Å²) >= 11 is 0. The minimum atomic E-state index is -0.828. The molecule has 2 aromatic heterocycles. The van der Waals surface area contributed by atoms with Crippen LogP contribution in [-0.4, -0.2) is 79.2 Å². The molecule has 3 N–H and O–H groups in total. The Hall–Kier alpha value is -3.86. The van der Waals surface area contributed by atoms with Gasteiger partial charge in [-0.1, -0.05) is 11.3 Å². The number of nitrogens with one attached hydrogen (secondary N) is 1. The van der Waals surface area contributed by atoms with Crippen molar-refractivity contribution in [3.05, 3.63) is 53.9 Å². The number of aryl methyl sites for hydroxylation is 1. The number of carbonyl (C=O) groups excluding carboxylic acids is 3. The van der Waals surface area contributed by atoms with E-state index < -0.39 is 12.1 Å². The molecule has 3 atom stereocenters. The van der Waals surface area contributed by atoms with Crippen LogP contribution in [0.15, 0.2) is 42.7 Å². The summed E-state index contributed by atoms with van der Waals surface area (Å²) in [4.78, 5) is 46.9. The molecule has 4 heterocycles. The topological polar surface area (TPSA) is 139 Å². The van der Waals surface area contributed by atoms with E-state index in [1.54, 1.807) is 22.0 Å². The van der Waals surface area contributed by atoms with Gasteiger partial charge in [0.1, 0.15) is 11.6 Å².